The highest BCUT2D eigenvalue weighted by molar-refractivity contribution is 6.02. The van der Waals surface area contributed by atoms with Crippen LogP contribution in [0.5, 0.6) is 0 Å². The number of hydrogen-bond donors (Lipinski definition) is 2. The molecule has 0 aliphatic carbocycles. The fraction of sp³-hybridized carbons (Fsp3) is 0.846. The van der Waals surface area contributed by atoms with E-state index in [1.54, 1.807) is 11.9 Å². The average molecular weight is 257 g/mol. The van der Waals surface area contributed by atoms with Crippen molar-refractivity contribution >= 4 is 11.7 Å². The lowest BCUT2D eigenvalue weighted by atomic mass is 9.92. The van der Waals surface area contributed by atoms with Crippen molar-refractivity contribution in [2.24, 2.45) is 28.6 Å². The quantitative estimate of drug-likeness (QED) is 0.330. The van der Waals surface area contributed by atoms with Crippen LogP contribution >= 0.6 is 0 Å². The van der Waals surface area contributed by atoms with E-state index in [1.165, 1.54) is 0 Å². The molecule has 0 aromatic carbocycles. The lowest BCUT2D eigenvalue weighted by Crippen LogP contribution is -2.46. The molecule has 0 saturated heterocycles. The first-order valence-electron chi connectivity index (χ1n) is 6.46. The van der Waals surface area contributed by atoms with Crippen LogP contribution in [0.25, 0.3) is 0 Å². The van der Waals surface area contributed by atoms with Crippen LogP contribution in [0, 0.1) is 17.8 Å². The Labute approximate surface area is 110 Å². The number of nitrogens with zero attached hydrogens (tertiary/aromatic N) is 2. The minimum Gasteiger partial charge on any atom is -0.409 e. The molecule has 2 unspecified atom stereocenters. The summed E-state index contributed by atoms with van der Waals surface area (Å²) in [5.74, 6) is -0.139. The van der Waals surface area contributed by atoms with E-state index in [4.69, 9.17) is 10.9 Å². The maximum Gasteiger partial charge on any atom is 0.233 e. The zero-order chi connectivity index (χ0) is 14.5. The van der Waals surface area contributed by atoms with Gasteiger partial charge in [-0.15, -0.1) is 0 Å². The second kappa shape index (κ2) is 7.24. The normalized spacial score (nSPS) is 15.9. The van der Waals surface area contributed by atoms with E-state index in [1.807, 2.05) is 20.8 Å². The Hall–Kier alpha value is -1.26. The number of carbonyl (C=O) groups excluding carboxylic acids is 1. The zero-order valence-corrected chi connectivity index (χ0v) is 12.3. The van der Waals surface area contributed by atoms with Gasteiger partial charge in [0.15, 0.2) is 5.84 Å². The summed E-state index contributed by atoms with van der Waals surface area (Å²) in [6, 6.07) is 0.144. The summed E-state index contributed by atoms with van der Waals surface area (Å²) in [6.07, 6.45) is 0.934. The first-order valence-corrected chi connectivity index (χ1v) is 6.46. The topological polar surface area (TPSA) is 78.9 Å². The lowest BCUT2D eigenvalue weighted by Gasteiger charge is -2.31. The fourth-order valence-electron chi connectivity index (χ4n) is 2.09. The van der Waals surface area contributed by atoms with E-state index in [-0.39, 0.29) is 23.7 Å². The Morgan fingerprint density at radius 2 is 1.78 bits per heavy atom. The van der Waals surface area contributed by atoms with Gasteiger partial charge >= 0.3 is 0 Å². The van der Waals surface area contributed by atoms with Crippen LogP contribution in [0.3, 0.4) is 0 Å². The Morgan fingerprint density at radius 1 is 1.28 bits per heavy atom. The van der Waals surface area contributed by atoms with E-state index < -0.39 is 5.92 Å². The molecule has 0 aromatic heterocycles. The first kappa shape index (κ1) is 16.7. The molecule has 0 rings (SSSR count). The van der Waals surface area contributed by atoms with Crippen LogP contribution in [0.15, 0.2) is 5.16 Å². The molecule has 0 saturated carbocycles. The third kappa shape index (κ3) is 4.55. The van der Waals surface area contributed by atoms with Crippen molar-refractivity contribution in [1.29, 1.82) is 0 Å². The number of nitrogens with two attached hydrogens (primary N) is 1. The Balaban J connectivity index is 4.88. The Bertz CT molecular complexity index is 301. The second-order valence-electron chi connectivity index (χ2n) is 5.67. The van der Waals surface area contributed by atoms with Gasteiger partial charge in [0.05, 0.1) is 0 Å². The van der Waals surface area contributed by atoms with Gasteiger partial charge in [-0.2, -0.15) is 0 Å². The van der Waals surface area contributed by atoms with Crippen molar-refractivity contribution in [3.05, 3.63) is 0 Å². The predicted molar refractivity (Wildman–Crippen MR) is 73.4 cm³/mol. The van der Waals surface area contributed by atoms with Crippen LogP contribution in [0.1, 0.15) is 41.0 Å². The molecular formula is C13H27N3O2. The van der Waals surface area contributed by atoms with Crippen molar-refractivity contribution in [1.82, 2.24) is 4.90 Å². The minimum absolute atomic E-state index is 0.00194. The van der Waals surface area contributed by atoms with Crippen LogP contribution in [-0.2, 0) is 4.79 Å². The maximum absolute atomic E-state index is 12.4. The molecule has 0 spiro atoms. The smallest absolute Gasteiger partial charge is 0.233 e. The van der Waals surface area contributed by atoms with Gasteiger partial charge in [0.2, 0.25) is 5.91 Å². The van der Waals surface area contributed by atoms with Gasteiger partial charge in [0, 0.05) is 13.1 Å². The van der Waals surface area contributed by atoms with E-state index >= 15 is 0 Å². The molecule has 0 bridgehead atoms. The van der Waals surface area contributed by atoms with Gasteiger partial charge in [0.25, 0.3) is 0 Å². The summed E-state index contributed by atoms with van der Waals surface area (Å²) in [7, 11) is 1.77. The van der Waals surface area contributed by atoms with Crippen molar-refractivity contribution in [2.75, 3.05) is 7.05 Å². The molecule has 0 fully saturated rings. The van der Waals surface area contributed by atoms with Gasteiger partial charge in [0.1, 0.15) is 5.92 Å². The van der Waals surface area contributed by atoms with Crippen LogP contribution in [0.4, 0.5) is 0 Å². The SMILES string of the molecule is CC(C)CC(C)N(C)C(=O)C(C(N)=NO)C(C)C. The van der Waals surface area contributed by atoms with Crippen LogP contribution in [-0.4, -0.2) is 34.9 Å². The number of carbonyl (C=O) groups is 1. The lowest BCUT2D eigenvalue weighted by molar-refractivity contribution is -0.135. The predicted octanol–water partition coefficient (Wildman–Crippen LogP) is 1.90. The molecule has 0 heterocycles. The number of rotatable bonds is 6. The number of amidine groups is 1. The number of oxime groups is 1. The van der Waals surface area contributed by atoms with E-state index in [2.05, 4.69) is 19.0 Å². The highest BCUT2D eigenvalue weighted by Crippen LogP contribution is 2.18. The summed E-state index contributed by atoms with van der Waals surface area (Å²) in [4.78, 5) is 14.1. The van der Waals surface area contributed by atoms with E-state index in [0.717, 1.165) is 6.42 Å². The van der Waals surface area contributed by atoms with Crippen LogP contribution < -0.4 is 5.73 Å². The first-order chi connectivity index (χ1) is 8.22. The highest BCUT2D eigenvalue weighted by Gasteiger charge is 2.31. The monoisotopic (exact) mass is 257 g/mol. The third-order valence-corrected chi connectivity index (χ3v) is 3.19. The largest absolute Gasteiger partial charge is 0.409 e. The van der Waals surface area contributed by atoms with E-state index in [9.17, 15) is 4.79 Å². The fourth-order valence-corrected chi connectivity index (χ4v) is 2.09. The van der Waals surface area contributed by atoms with Crippen molar-refractivity contribution in [2.45, 2.75) is 47.1 Å². The Kier molecular flexibility index (Phi) is 6.73. The maximum atomic E-state index is 12.4. The molecule has 5 heteroatoms. The van der Waals surface area contributed by atoms with Crippen molar-refractivity contribution < 1.29 is 10.0 Å². The molecule has 18 heavy (non-hydrogen) atoms. The second-order valence-corrected chi connectivity index (χ2v) is 5.67. The number of hydrogen-bond acceptors (Lipinski definition) is 3. The molecule has 0 aliphatic rings. The summed E-state index contributed by atoms with van der Waals surface area (Å²) in [5, 5.41) is 11.7. The molecule has 0 aliphatic heterocycles. The van der Waals surface area contributed by atoms with Gasteiger partial charge < -0.3 is 15.8 Å². The van der Waals surface area contributed by atoms with Crippen molar-refractivity contribution in [3.8, 4) is 0 Å². The minimum atomic E-state index is -0.561. The molecule has 2 atom stereocenters. The van der Waals surface area contributed by atoms with Gasteiger partial charge in [-0.05, 0) is 25.2 Å². The molecule has 106 valence electrons. The van der Waals surface area contributed by atoms with Crippen molar-refractivity contribution in [3.63, 3.8) is 0 Å². The molecule has 3 N–H and O–H groups in total. The average Bonchev–Trinajstić information content (AvgIpc) is 2.26. The van der Waals surface area contributed by atoms with Gasteiger partial charge in [-0.25, -0.2) is 0 Å². The molecular weight excluding hydrogens is 230 g/mol. The van der Waals surface area contributed by atoms with E-state index in [0.29, 0.717) is 5.92 Å². The highest BCUT2D eigenvalue weighted by atomic mass is 16.4. The number of amides is 1. The summed E-state index contributed by atoms with van der Waals surface area (Å²) >= 11 is 0. The Morgan fingerprint density at radius 3 is 2.11 bits per heavy atom. The van der Waals surface area contributed by atoms with Crippen LogP contribution in [0.2, 0.25) is 0 Å². The molecule has 0 aromatic rings. The zero-order valence-electron chi connectivity index (χ0n) is 12.3. The summed E-state index contributed by atoms with van der Waals surface area (Å²) in [5.41, 5.74) is 5.61. The standard InChI is InChI=1S/C13H27N3O2/c1-8(2)7-10(5)16(6)13(17)11(9(3)4)12(14)15-18/h8-11,18H,7H2,1-6H3,(H2,14,15). The third-order valence-electron chi connectivity index (χ3n) is 3.19. The molecule has 5 nitrogen and oxygen atoms in total. The summed E-state index contributed by atoms with van der Waals surface area (Å²) < 4.78 is 0. The molecule has 1 amide bonds. The van der Waals surface area contributed by atoms with Gasteiger partial charge in [-0.3, -0.25) is 4.79 Å². The summed E-state index contributed by atoms with van der Waals surface area (Å²) in [6.45, 7) is 10.0. The molecule has 0 radical (unpaired) electrons. The van der Waals surface area contributed by atoms with Gasteiger partial charge in [-0.1, -0.05) is 32.9 Å².